The molecule has 0 amide bonds. The van der Waals surface area contributed by atoms with E-state index in [1.807, 2.05) is 24.3 Å². The summed E-state index contributed by atoms with van der Waals surface area (Å²) in [5.41, 5.74) is 2.88. The monoisotopic (exact) mass is 256 g/mol. The van der Waals surface area contributed by atoms with Crippen LogP contribution in [0.15, 0.2) is 48.8 Å². The van der Waals surface area contributed by atoms with E-state index in [1.165, 1.54) is 5.56 Å². The third-order valence-corrected chi connectivity index (χ3v) is 2.93. The fraction of sp³-hybridized carbons (Fsp3) is 0.214. The Bertz CT molecular complexity index is 503. The number of aromatic nitrogens is 1. The van der Waals surface area contributed by atoms with Crippen molar-refractivity contribution >= 4 is 12.6 Å². The molecule has 0 aliphatic heterocycles. The third-order valence-electron chi connectivity index (χ3n) is 2.93. The molecule has 2 N–H and O–H groups in total. The Morgan fingerprint density at radius 3 is 2.00 bits per heavy atom. The highest BCUT2D eigenvalue weighted by molar-refractivity contribution is 6.58. The Kier molecular flexibility index (Phi) is 4.68. The van der Waals surface area contributed by atoms with Crippen molar-refractivity contribution in [1.82, 2.24) is 9.88 Å². The Morgan fingerprint density at radius 1 is 0.947 bits per heavy atom. The summed E-state index contributed by atoms with van der Waals surface area (Å²) < 4.78 is 0. The molecule has 19 heavy (non-hydrogen) atoms. The van der Waals surface area contributed by atoms with E-state index in [-0.39, 0.29) is 0 Å². The Morgan fingerprint density at radius 2 is 1.47 bits per heavy atom. The number of pyridine rings is 1. The van der Waals surface area contributed by atoms with Crippen LogP contribution in [-0.2, 0) is 13.1 Å². The van der Waals surface area contributed by atoms with Crippen molar-refractivity contribution in [3.8, 4) is 0 Å². The van der Waals surface area contributed by atoms with Crippen molar-refractivity contribution in [2.45, 2.75) is 13.1 Å². The number of benzene rings is 1. The average Bonchev–Trinajstić information content (AvgIpc) is 2.40. The second kappa shape index (κ2) is 6.47. The van der Waals surface area contributed by atoms with Gasteiger partial charge < -0.3 is 10.0 Å². The second-order valence-electron chi connectivity index (χ2n) is 4.64. The molecule has 1 heterocycles. The quantitative estimate of drug-likeness (QED) is 0.760. The number of rotatable bonds is 5. The highest BCUT2D eigenvalue weighted by Gasteiger charge is 2.10. The lowest BCUT2D eigenvalue weighted by atomic mass is 9.80. The molecule has 4 nitrogen and oxygen atoms in total. The van der Waals surface area contributed by atoms with E-state index in [2.05, 4.69) is 16.9 Å². The van der Waals surface area contributed by atoms with Crippen LogP contribution in [0.25, 0.3) is 0 Å². The maximum absolute atomic E-state index is 9.03. The lowest BCUT2D eigenvalue weighted by Crippen LogP contribution is -2.29. The van der Waals surface area contributed by atoms with Gasteiger partial charge in [-0.3, -0.25) is 9.88 Å². The molecule has 1 aromatic heterocycles. The molecule has 0 unspecified atom stereocenters. The smallest absolute Gasteiger partial charge is 0.423 e. The van der Waals surface area contributed by atoms with Crippen LogP contribution in [0.3, 0.4) is 0 Å². The van der Waals surface area contributed by atoms with Gasteiger partial charge in [0.25, 0.3) is 0 Å². The second-order valence-corrected chi connectivity index (χ2v) is 4.64. The predicted molar refractivity (Wildman–Crippen MR) is 75.7 cm³/mol. The molecule has 0 radical (unpaired) electrons. The van der Waals surface area contributed by atoms with Gasteiger partial charge in [-0.25, -0.2) is 0 Å². The molecule has 0 bridgehead atoms. The molecule has 0 aliphatic carbocycles. The summed E-state index contributed by atoms with van der Waals surface area (Å²) >= 11 is 0. The van der Waals surface area contributed by atoms with Crippen molar-refractivity contribution in [3.05, 3.63) is 59.9 Å². The molecule has 0 fully saturated rings. The van der Waals surface area contributed by atoms with E-state index in [1.54, 1.807) is 24.5 Å². The fourth-order valence-electron chi connectivity index (χ4n) is 1.96. The molecule has 1 aromatic carbocycles. The summed E-state index contributed by atoms with van der Waals surface area (Å²) in [5, 5.41) is 18.1. The topological polar surface area (TPSA) is 56.6 Å². The first-order chi connectivity index (χ1) is 9.15. The lowest BCUT2D eigenvalue weighted by Gasteiger charge is -2.16. The summed E-state index contributed by atoms with van der Waals surface area (Å²) in [6.45, 7) is 1.66. The first-order valence-electron chi connectivity index (χ1n) is 6.17. The van der Waals surface area contributed by atoms with E-state index < -0.39 is 7.12 Å². The van der Waals surface area contributed by atoms with E-state index in [9.17, 15) is 0 Å². The number of nitrogens with zero attached hydrogens (tertiary/aromatic N) is 2. The first kappa shape index (κ1) is 13.7. The molecule has 98 valence electrons. The van der Waals surface area contributed by atoms with Crippen molar-refractivity contribution < 1.29 is 10.0 Å². The van der Waals surface area contributed by atoms with Gasteiger partial charge in [-0.2, -0.15) is 0 Å². The normalized spacial score (nSPS) is 10.7. The maximum Gasteiger partial charge on any atom is 0.488 e. The van der Waals surface area contributed by atoms with Gasteiger partial charge in [0, 0.05) is 25.5 Å². The molecule has 0 spiro atoms. The van der Waals surface area contributed by atoms with Gasteiger partial charge in [-0.15, -0.1) is 0 Å². The van der Waals surface area contributed by atoms with Crippen molar-refractivity contribution in [1.29, 1.82) is 0 Å². The lowest BCUT2D eigenvalue weighted by molar-refractivity contribution is 0.319. The third kappa shape index (κ3) is 4.17. The molecule has 2 rings (SSSR count). The fourth-order valence-corrected chi connectivity index (χ4v) is 1.96. The molecule has 0 saturated heterocycles. The molecular formula is C14H17BN2O2. The van der Waals surface area contributed by atoms with Crippen LogP contribution in [0.1, 0.15) is 11.1 Å². The Balaban J connectivity index is 1.93. The van der Waals surface area contributed by atoms with Crippen LogP contribution >= 0.6 is 0 Å². The molecule has 2 aromatic rings. The standard InChI is InChI=1S/C14H17BN2O2/c1-17(11-13-6-8-16-9-7-13)10-12-2-4-14(5-3-12)15(18)19/h2-9,18-19H,10-11H2,1H3. The SMILES string of the molecule is CN(Cc1ccncc1)Cc1ccc(B(O)O)cc1. The van der Waals surface area contributed by atoms with Crippen LogP contribution in [-0.4, -0.2) is 34.1 Å². The van der Waals surface area contributed by atoms with E-state index >= 15 is 0 Å². The minimum Gasteiger partial charge on any atom is -0.423 e. The number of hydrogen-bond donors (Lipinski definition) is 2. The molecule has 5 heteroatoms. The van der Waals surface area contributed by atoms with Crippen LogP contribution in [0.4, 0.5) is 0 Å². The zero-order valence-corrected chi connectivity index (χ0v) is 10.9. The van der Waals surface area contributed by atoms with Gasteiger partial charge in [-0.1, -0.05) is 24.3 Å². The van der Waals surface area contributed by atoms with Gasteiger partial charge >= 0.3 is 7.12 Å². The molecular weight excluding hydrogens is 239 g/mol. The first-order valence-corrected chi connectivity index (χ1v) is 6.17. The van der Waals surface area contributed by atoms with Crippen LogP contribution < -0.4 is 5.46 Å². The van der Waals surface area contributed by atoms with Crippen LogP contribution in [0.2, 0.25) is 0 Å². The van der Waals surface area contributed by atoms with Gasteiger partial charge in [-0.05, 0) is 35.8 Å². The van der Waals surface area contributed by atoms with Gasteiger partial charge in [0.2, 0.25) is 0 Å². The molecule has 0 aliphatic rings. The summed E-state index contributed by atoms with van der Waals surface area (Å²) in [7, 11) is 0.651. The molecule has 0 atom stereocenters. The maximum atomic E-state index is 9.03. The van der Waals surface area contributed by atoms with Gasteiger partial charge in [0.05, 0.1) is 0 Å². The molecule has 0 saturated carbocycles. The summed E-state index contributed by atoms with van der Waals surface area (Å²) in [5.74, 6) is 0. The Hall–Kier alpha value is -1.69. The van der Waals surface area contributed by atoms with Crippen LogP contribution in [0, 0.1) is 0 Å². The Labute approximate surface area is 113 Å². The van der Waals surface area contributed by atoms with Crippen molar-refractivity contribution in [3.63, 3.8) is 0 Å². The zero-order valence-electron chi connectivity index (χ0n) is 10.9. The van der Waals surface area contributed by atoms with E-state index in [4.69, 9.17) is 10.0 Å². The highest BCUT2D eigenvalue weighted by Crippen LogP contribution is 2.06. The minimum absolute atomic E-state index is 0.514. The summed E-state index contributed by atoms with van der Waals surface area (Å²) in [6.07, 6.45) is 3.58. The highest BCUT2D eigenvalue weighted by atomic mass is 16.4. The summed E-state index contributed by atoms with van der Waals surface area (Å²) in [6, 6.07) is 11.3. The zero-order chi connectivity index (χ0) is 13.7. The predicted octanol–water partition coefficient (Wildman–Crippen LogP) is 0.393. The van der Waals surface area contributed by atoms with E-state index in [0.717, 1.165) is 18.7 Å². The van der Waals surface area contributed by atoms with Crippen molar-refractivity contribution in [2.24, 2.45) is 0 Å². The number of hydrogen-bond acceptors (Lipinski definition) is 4. The van der Waals surface area contributed by atoms with E-state index in [0.29, 0.717) is 5.46 Å². The minimum atomic E-state index is -1.40. The van der Waals surface area contributed by atoms with Gasteiger partial charge in [0.1, 0.15) is 0 Å². The largest absolute Gasteiger partial charge is 0.488 e. The average molecular weight is 256 g/mol. The van der Waals surface area contributed by atoms with Crippen LogP contribution in [0.5, 0.6) is 0 Å². The van der Waals surface area contributed by atoms with Crippen molar-refractivity contribution in [2.75, 3.05) is 7.05 Å². The summed E-state index contributed by atoms with van der Waals surface area (Å²) in [4.78, 5) is 6.19. The van der Waals surface area contributed by atoms with Gasteiger partial charge in [0.15, 0.2) is 0 Å².